The van der Waals surface area contributed by atoms with E-state index in [0.29, 0.717) is 25.5 Å². The fourth-order valence-electron chi connectivity index (χ4n) is 6.43. The number of ether oxygens (including phenoxy) is 1. The molecule has 3 amide bonds. The minimum Gasteiger partial charge on any atom is -0.361 e. The van der Waals surface area contributed by atoms with Gasteiger partial charge < -0.3 is 26.4 Å². The van der Waals surface area contributed by atoms with E-state index in [-0.39, 0.29) is 24.5 Å². The third-order valence-electron chi connectivity index (χ3n) is 9.66. The molecule has 0 unspecified atom stereocenters. The van der Waals surface area contributed by atoms with Gasteiger partial charge >= 0.3 is 0 Å². The highest BCUT2D eigenvalue weighted by atomic mass is 16.6. The van der Waals surface area contributed by atoms with E-state index in [0.717, 1.165) is 36.0 Å². The van der Waals surface area contributed by atoms with Gasteiger partial charge in [-0.25, -0.2) is 0 Å². The molecule has 5 atom stereocenters. The van der Waals surface area contributed by atoms with Crippen molar-refractivity contribution in [3.05, 3.63) is 81.7 Å². The van der Waals surface area contributed by atoms with Gasteiger partial charge in [0, 0.05) is 17.9 Å². The van der Waals surface area contributed by atoms with Crippen molar-refractivity contribution in [1.29, 1.82) is 0 Å². The molecule has 2 fully saturated rings. The van der Waals surface area contributed by atoms with Gasteiger partial charge in [0.15, 0.2) is 5.78 Å². The molecule has 0 radical (unpaired) electrons. The molecule has 1 aliphatic heterocycles. The predicted octanol–water partition coefficient (Wildman–Crippen LogP) is 4.44. The lowest BCUT2D eigenvalue weighted by Crippen LogP contribution is -2.59. The zero-order chi connectivity index (χ0) is 35.4. The van der Waals surface area contributed by atoms with Crippen molar-refractivity contribution in [2.75, 3.05) is 6.61 Å². The standard InChI is InChI=1S/C37H51N7O5/c1-24(2)32(36(48)40-29(33(45)37(3)23-49-37)19-18-25-10-6-4-7-11-25)42-34(46)30(20-27-14-16-28(22-38)17-15-27)41-35(47)31(43-44-39)21-26-12-8-5-9-13-26/h5,8-9,12-17,24-25,29-32H,4,6-7,10-11,18-23,38H2,1-3H3,(H,40,48)(H,41,47)(H,42,46)/t29-,30-,31-,32-,37+/m0/s1. The second-order valence-electron chi connectivity index (χ2n) is 14.0. The number of carbonyl (C=O) groups is 4. The Morgan fingerprint density at radius 2 is 1.49 bits per heavy atom. The molecule has 1 saturated heterocycles. The van der Waals surface area contributed by atoms with Crippen LogP contribution in [0, 0.1) is 11.8 Å². The summed E-state index contributed by atoms with van der Waals surface area (Å²) in [4.78, 5) is 57.7. The quantitative estimate of drug-likeness (QED) is 0.0782. The molecule has 12 heteroatoms. The molecule has 264 valence electrons. The predicted molar refractivity (Wildman–Crippen MR) is 187 cm³/mol. The zero-order valence-electron chi connectivity index (χ0n) is 28.9. The Balaban J connectivity index is 1.51. The number of nitrogens with two attached hydrogens (primary N) is 1. The normalized spacial score (nSPS) is 19.9. The van der Waals surface area contributed by atoms with Crippen molar-refractivity contribution in [1.82, 2.24) is 16.0 Å². The second kappa shape index (κ2) is 17.9. The summed E-state index contributed by atoms with van der Waals surface area (Å²) in [6.45, 7) is 6.04. The summed E-state index contributed by atoms with van der Waals surface area (Å²) in [5.74, 6) is -1.63. The SMILES string of the molecule is CC(C)[C@H](NC(=O)[C@H](Cc1ccc(CN)cc1)NC(=O)[C@H](Cc1ccccc1)N=[N+]=[N-])C(=O)N[C@@H](CCC1CCCCC1)C(=O)[C@@]1(C)CO1. The lowest BCUT2D eigenvalue weighted by atomic mass is 9.84. The van der Waals surface area contributed by atoms with E-state index in [2.05, 4.69) is 26.0 Å². The Bertz CT molecular complexity index is 1470. The smallest absolute Gasteiger partial charge is 0.243 e. The van der Waals surface area contributed by atoms with Gasteiger partial charge in [0.1, 0.15) is 23.7 Å². The fourth-order valence-corrected chi connectivity index (χ4v) is 6.43. The topological polar surface area (TPSA) is 192 Å². The van der Waals surface area contributed by atoms with Gasteiger partial charge in [-0.3, -0.25) is 19.2 Å². The number of carbonyl (C=O) groups excluding carboxylic acids is 4. The Morgan fingerprint density at radius 3 is 2.08 bits per heavy atom. The monoisotopic (exact) mass is 673 g/mol. The largest absolute Gasteiger partial charge is 0.361 e. The number of benzene rings is 2. The maximum Gasteiger partial charge on any atom is 0.243 e. The Kier molecular flexibility index (Phi) is 13.8. The van der Waals surface area contributed by atoms with E-state index >= 15 is 0 Å². The molecule has 0 bridgehead atoms. The van der Waals surface area contributed by atoms with E-state index in [1.165, 1.54) is 19.3 Å². The highest BCUT2D eigenvalue weighted by molar-refractivity contribution is 5.98. The molecular weight excluding hydrogens is 622 g/mol. The van der Waals surface area contributed by atoms with Crippen LogP contribution in [0.15, 0.2) is 59.7 Å². The van der Waals surface area contributed by atoms with Gasteiger partial charge in [-0.05, 0) is 60.2 Å². The summed E-state index contributed by atoms with van der Waals surface area (Å²) in [6, 6.07) is 12.6. The van der Waals surface area contributed by atoms with Crippen LogP contribution < -0.4 is 21.7 Å². The van der Waals surface area contributed by atoms with Crippen LogP contribution in [0.1, 0.15) is 82.4 Å². The van der Waals surface area contributed by atoms with Crippen molar-refractivity contribution >= 4 is 23.5 Å². The van der Waals surface area contributed by atoms with Crippen molar-refractivity contribution in [2.45, 2.75) is 115 Å². The molecule has 0 spiro atoms. The van der Waals surface area contributed by atoms with Gasteiger partial charge in [0.05, 0.1) is 12.6 Å². The zero-order valence-corrected chi connectivity index (χ0v) is 28.9. The van der Waals surface area contributed by atoms with Crippen molar-refractivity contribution in [3.63, 3.8) is 0 Å². The number of azide groups is 1. The van der Waals surface area contributed by atoms with Crippen LogP contribution in [0.2, 0.25) is 0 Å². The molecular formula is C37H51N7O5. The first-order valence-electron chi connectivity index (χ1n) is 17.5. The molecule has 1 aliphatic carbocycles. The van der Waals surface area contributed by atoms with Crippen LogP contribution in [0.5, 0.6) is 0 Å². The maximum absolute atomic E-state index is 14.0. The van der Waals surface area contributed by atoms with Gasteiger partial charge in [-0.2, -0.15) is 0 Å². The highest BCUT2D eigenvalue weighted by Gasteiger charge is 2.50. The minimum atomic E-state index is -1.10. The second-order valence-corrected chi connectivity index (χ2v) is 14.0. The number of epoxide rings is 1. The summed E-state index contributed by atoms with van der Waals surface area (Å²) in [5.41, 5.74) is 16.5. The number of ketones is 1. The number of hydrogen-bond acceptors (Lipinski definition) is 7. The lowest BCUT2D eigenvalue weighted by molar-refractivity contribution is -0.135. The van der Waals surface area contributed by atoms with E-state index < -0.39 is 47.5 Å². The summed E-state index contributed by atoms with van der Waals surface area (Å²) < 4.78 is 5.45. The summed E-state index contributed by atoms with van der Waals surface area (Å²) in [5, 5.41) is 12.3. The number of hydrogen-bond donors (Lipinski definition) is 4. The van der Waals surface area contributed by atoms with Crippen LogP contribution in [0.4, 0.5) is 0 Å². The van der Waals surface area contributed by atoms with E-state index in [4.69, 9.17) is 10.5 Å². The van der Waals surface area contributed by atoms with Gasteiger partial charge in [-0.1, -0.05) is 106 Å². The van der Waals surface area contributed by atoms with Crippen molar-refractivity contribution < 1.29 is 23.9 Å². The van der Waals surface area contributed by atoms with Crippen LogP contribution in [0.3, 0.4) is 0 Å². The molecule has 0 aromatic heterocycles. The number of Topliss-reactive ketones (excluding diaryl/α,β-unsaturated/α-hetero) is 1. The van der Waals surface area contributed by atoms with Crippen LogP contribution >= 0.6 is 0 Å². The number of rotatable bonds is 18. The molecule has 2 aliphatic rings. The lowest BCUT2D eigenvalue weighted by Gasteiger charge is -2.29. The summed E-state index contributed by atoms with van der Waals surface area (Å²) in [7, 11) is 0. The average molecular weight is 674 g/mol. The van der Waals surface area contributed by atoms with Crippen LogP contribution in [-0.4, -0.2) is 59.9 Å². The number of amides is 3. The maximum atomic E-state index is 14.0. The first-order valence-corrected chi connectivity index (χ1v) is 17.5. The molecule has 12 nitrogen and oxygen atoms in total. The van der Waals surface area contributed by atoms with E-state index in [9.17, 15) is 24.7 Å². The first kappa shape index (κ1) is 37.6. The van der Waals surface area contributed by atoms with Crippen LogP contribution in [0.25, 0.3) is 10.4 Å². The average Bonchev–Trinajstić information content (AvgIpc) is 3.87. The fraction of sp³-hybridized carbons (Fsp3) is 0.568. The molecule has 1 saturated carbocycles. The van der Waals surface area contributed by atoms with Crippen molar-refractivity contribution in [2.24, 2.45) is 22.7 Å². The molecule has 5 N–H and O–H groups in total. The van der Waals surface area contributed by atoms with Crippen LogP contribution in [-0.2, 0) is 43.3 Å². The van der Waals surface area contributed by atoms with Gasteiger partial charge in [-0.15, -0.1) is 0 Å². The third-order valence-corrected chi connectivity index (χ3v) is 9.66. The summed E-state index contributed by atoms with van der Waals surface area (Å²) in [6.07, 6.45) is 7.45. The third kappa shape index (κ3) is 11.1. The van der Waals surface area contributed by atoms with Gasteiger partial charge in [0.2, 0.25) is 17.7 Å². The molecule has 49 heavy (non-hydrogen) atoms. The van der Waals surface area contributed by atoms with E-state index in [1.54, 1.807) is 6.92 Å². The first-order chi connectivity index (χ1) is 23.5. The highest BCUT2D eigenvalue weighted by Crippen LogP contribution is 2.32. The van der Waals surface area contributed by atoms with Gasteiger partial charge in [0.25, 0.3) is 0 Å². The minimum absolute atomic E-state index is 0.112. The molecule has 2 aromatic carbocycles. The molecule has 4 rings (SSSR count). The Morgan fingerprint density at radius 1 is 0.878 bits per heavy atom. The Hall–Kier alpha value is -4.25. The molecule has 1 heterocycles. The summed E-state index contributed by atoms with van der Waals surface area (Å²) >= 11 is 0. The Labute approximate surface area is 288 Å². The number of nitrogens with zero attached hydrogens (tertiary/aromatic N) is 3. The van der Waals surface area contributed by atoms with E-state index in [1.807, 2.05) is 68.4 Å². The molecule has 2 aromatic rings. The number of nitrogens with one attached hydrogen (secondary N) is 3. The van der Waals surface area contributed by atoms with Crippen molar-refractivity contribution in [3.8, 4) is 0 Å².